The number of benzene rings is 1. The molecule has 34 heavy (non-hydrogen) atoms. The molecule has 0 saturated carbocycles. The van der Waals surface area contributed by atoms with E-state index in [0.717, 1.165) is 43.1 Å². The van der Waals surface area contributed by atoms with Gasteiger partial charge in [0.15, 0.2) is 33.3 Å². The lowest BCUT2D eigenvalue weighted by Gasteiger charge is -2.36. The summed E-state index contributed by atoms with van der Waals surface area (Å²) in [6.45, 7) is 8.11. The highest BCUT2D eigenvalue weighted by Crippen LogP contribution is 2.32. The lowest BCUT2D eigenvalue weighted by molar-refractivity contribution is -0.135. The second kappa shape index (κ2) is 9.03. The van der Waals surface area contributed by atoms with Gasteiger partial charge in [-0.05, 0) is 25.0 Å². The van der Waals surface area contributed by atoms with E-state index in [2.05, 4.69) is 35.0 Å². The molecule has 0 radical (unpaired) electrons. The minimum absolute atomic E-state index is 0.00895. The monoisotopic (exact) mass is 514 g/mol. The molecule has 2 aromatic rings. The Morgan fingerprint density at radius 3 is 2.24 bits per heavy atom. The van der Waals surface area contributed by atoms with Gasteiger partial charge in [0.25, 0.3) is 5.91 Å². The fourth-order valence-corrected chi connectivity index (χ4v) is 5.71. The molecule has 2 aliphatic rings. The summed E-state index contributed by atoms with van der Waals surface area (Å²) >= 11 is 1.38. The van der Waals surface area contributed by atoms with Crippen molar-refractivity contribution in [1.82, 2.24) is 14.3 Å². The van der Waals surface area contributed by atoms with Crippen molar-refractivity contribution in [2.75, 3.05) is 30.8 Å². The van der Waals surface area contributed by atoms with Crippen LogP contribution in [0.15, 0.2) is 17.0 Å². The largest absolute Gasteiger partial charge is 0.474 e. The van der Waals surface area contributed by atoms with Crippen LogP contribution in [0.5, 0.6) is 5.75 Å². The number of hydrogen-bond acceptors (Lipinski definition) is 8. The van der Waals surface area contributed by atoms with E-state index >= 15 is 0 Å². The summed E-state index contributed by atoms with van der Waals surface area (Å²) in [5.74, 6) is -2.52. The first-order chi connectivity index (χ1) is 15.8. The molecule has 12 heteroatoms. The van der Waals surface area contributed by atoms with Crippen molar-refractivity contribution in [2.45, 2.75) is 62.5 Å². The van der Waals surface area contributed by atoms with Crippen LogP contribution in [0, 0.1) is 11.6 Å². The number of aromatic nitrogens is 2. The van der Waals surface area contributed by atoms with E-state index in [9.17, 15) is 22.0 Å². The zero-order valence-electron chi connectivity index (χ0n) is 19.5. The Labute approximate surface area is 202 Å². The molecule has 8 nitrogen and oxygen atoms in total. The highest BCUT2D eigenvalue weighted by molar-refractivity contribution is 7.90. The third-order valence-electron chi connectivity index (χ3n) is 6.11. The van der Waals surface area contributed by atoms with Crippen LogP contribution in [0.2, 0.25) is 0 Å². The van der Waals surface area contributed by atoms with Crippen LogP contribution in [0.25, 0.3) is 0 Å². The Balaban J connectivity index is 1.38. The van der Waals surface area contributed by atoms with E-state index < -0.39 is 38.2 Å². The molecular formula is C22H28F2N4O4S2. The molecule has 4 rings (SSSR count). The second-order valence-corrected chi connectivity index (χ2v) is 12.5. The number of piperidine rings is 1. The Morgan fingerprint density at radius 2 is 1.71 bits per heavy atom. The quantitative estimate of drug-likeness (QED) is 0.605. The standard InChI is InChI=1S/C22H28F2N4O4S2/c1-22(2,3)20-25-21(33-26-20)27-8-5-13(6-9-27)28-10-7-17(19(28)29)32-18-15(23)11-14(12-16(18)24)34(4,30)31/h11-13,17H,5-10H2,1-4H3/t17-/m0/s1. The van der Waals surface area contributed by atoms with Gasteiger partial charge in [-0.2, -0.15) is 4.37 Å². The van der Waals surface area contributed by atoms with Crippen molar-refractivity contribution in [3.63, 3.8) is 0 Å². The molecule has 1 amide bonds. The normalized spacial score (nSPS) is 20.3. The van der Waals surface area contributed by atoms with Gasteiger partial charge < -0.3 is 14.5 Å². The highest BCUT2D eigenvalue weighted by Gasteiger charge is 2.39. The summed E-state index contributed by atoms with van der Waals surface area (Å²) < 4.78 is 61.8. The van der Waals surface area contributed by atoms with E-state index in [1.807, 2.05) is 0 Å². The lowest BCUT2D eigenvalue weighted by atomic mass is 9.96. The number of sulfone groups is 1. The maximum absolute atomic E-state index is 14.4. The van der Waals surface area contributed by atoms with Gasteiger partial charge in [0, 0.05) is 55.3 Å². The van der Waals surface area contributed by atoms with Gasteiger partial charge in [0.05, 0.1) is 4.90 Å². The number of ether oxygens (including phenoxy) is 1. The molecule has 0 N–H and O–H groups in total. The van der Waals surface area contributed by atoms with E-state index in [0.29, 0.717) is 25.1 Å². The highest BCUT2D eigenvalue weighted by atomic mass is 32.2. The first-order valence-corrected chi connectivity index (χ1v) is 13.8. The maximum atomic E-state index is 14.4. The van der Waals surface area contributed by atoms with Crippen LogP contribution in [0.1, 0.15) is 45.9 Å². The fourth-order valence-electron chi connectivity index (χ4n) is 4.17. The van der Waals surface area contributed by atoms with Crippen LogP contribution >= 0.6 is 11.5 Å². The van der Waals surface area contributed by atoms with Crippen molar-refractivity contribution < 1.29 is 26.7 Å². The Hall–Kier alpha value is -2.34. The second-order valence-electron chi connectivity index (χ2n) is 9.78. The molecule has 2 fully saturated rings. The van der Waals surface area contributed by atoms with Crippen molar-refractivity contribution >= 4 is 32.4 Å². The van der Waals surface area contributed by atoms with Crippen LogP contribution < -0.4 is 9.64 Å². The fraction of sp³-hybridized carbons (Fsp3) is 0.591. The number of carbonyl (C=O) groups is 1. The SMILES string of the molecule is CC(C)(C)c1nsc(N2CCC(N3CC[C@H](Oc4c(F)cc(S(C)(=O)=O)cc4F)C3=O)CC2)n1. The Kier molecular flexibility index (Phi) is 6.58. The van der Waals surface area contributed by atoms with Crippen molar-refractivity contribution in [3.05, 3.63) is 29.6 Å². The van der Waals surface area contributed by atoms with Crippen molar-refractivity contribution in [2.24, 2.45) is 0 Å². The molecule has 2 saturated heterocycles. The van der Waals surface area contributed by atoms with E-state index in [-0.39, 0.29) is 17.4 Å². The van der Waals surface area contributed by atoms with Crippen LogP contribution in [0.4, 0.5) is 13.9 Å². The zero-order chi connectivity index (χ0) is 24.8. The number of carbonyl (C=O) groups excluding carboxylic acids is 1. The van der Waals surface area contributed by atoms with Crippen molar-refractivity contribution in [3.8, 4) is 5.75 Å². The number of hydrogen-bond donors (Lipinski definition) is 0. The van der Waals surface area contributed by atoms with E-state index in [1.54, 1.807) is 4.90 Å². The van der Waals surface area contributed by atoms with Crippen LogP contribution in [-0.4, -0.2) is 66.6 Å². The summed E-state index contributed by atoms with van der Waals surface area (Å²) in [5.41, 5.74) is -0.117. The van der Waals surface area contributed by atoms with Gasteiger partial charge in [-0.25, -0.2) is 22.2 Å². The molecule has 1 atom stereocenters. The first kappa shape index (κ1) is 24.8. The first-order valence-electron chi connectivity index (χ1n) is 11.1. The number of anilines is 1. The predicted molar refractivity (Wildman–Crippen MR) is 124 cm³/mol. The van der Waals surface area contributed by atoms with Crippen LogP contribution in [-0.2, 0) is 20.0 Å². The molecule has 0 aliphatic carbocycles. The van der Waals surface area contributed by atoms with Gasteiger partial charge in [-0.3, -0.25) is 4.79 Å². The topological polar surface area (TPSA) is 92.7 Å². The van der Waals surface area contributed by atoms with Gasteiger partial charge in [0.1, 0.15) is 5.82 Å². The van der Waals surface area contributed by atoms with Gasteiger partial charge in [0.2, 0.25) is 5.13 Å². The average Bonchev–Trinajstić information content (AvgIpc) is 3.37. The molecule has 0 unspecified atom stereocenters. The Morgan fingerprint density at radius 1 is 1.09 bits per heavy atom. The summed E-state index contributed by atoms with van der Waals surface area (Å²) in [4.78, 5) is 21.0. The van der Waals surface area contributed by atoms with Gasteiger partial charge in [-0.1, -0.05) is 20.8 Å². The predicted octanol–water partition coefficient (Wildman–Crippen LogP) is 3.17. The molecular weight excluding hydrogens is 486 g/mol. The maximum Gasteiger partial charge on any atom is 0.263 e. The van der Waals surface area contributed by atoms with E-state index in [1.165, 1.54) is 11.5 Å². The molecule has 1 aromatic carbocycles. The molecule has 2 aliphatic heterocycles. The molecule has 186 valence electrons. The van der Waals surface area contributed by atoms with Crippen LogP contribution in [0.3, 0.4) is 0 Å². The molecule has 0 spiro atoms. The van der Waals surface area contributed by atoms with E-state index in [4.69, 9.17) is 4.74 Å². The summed E-state index contributed by atoms with van der Waals surface area (Å²) in [6, 6.07) is 1.42. The number of nitrogens with zero attached hydrogens (tertiary/aromatic N) is 4. The third-order valence-corrected chi connectivity index (χ3v) is 7.98. The third kappa shape index (κ3) is 5.02. The van der Waals surface area contributed by atoms with Crippen molar-refractivity contribution in [1.29, 1.82) is 0 Å². The molecule has 3 heterocycles. The minimum Gasteiger partial charge on any atom is -0.474 e. The number of likely N-dealkylation sites (tertiary alicyclic amines) is 1. The Bertz CT molecular complexity index is 1160. The molecule has 1 aromatic heterocycles. The number of amides is 1. The zero-order valence-corrected chi connectivity index (χ0v) is 21.2. The summed E-state index contributed by atoms with van der Waals surface area (Å²) in [6.07, 6.45) is 1.64. The van der Waals surface area contributed by atoms with Gasteiger partial charge in [-0.15, -0.1) is 0 Å². The number of halogens is 2. The smallest absolute Gasteiger partial charge is 0.263 e. The van der Waals surface area contributed by atoms with Gasteiger partial charge >= 0.3 is 0 Å². The number of rotatable bonds is 5. The average molecular weight is 515 g/mol. The minimum atomic E-state index is -3.78. The lowest BCUT2D eigenvalue weighted by Crippen LogP contribution is -2.47. The molecule has 0 bridgehead atoms. The summed E-state index contributed by atoms with van der Waals surface area (Å²) in [5, 5.41) is 0.876. The summed E-state index contributed by atoms with van der Waals surface area (Å²) in [7, 11) is -3.78.